The van der Waals surface area contributed by atoms with Crippen molar-refractivity contribution in [1.29, 1.82) is 0 Å². The van der Waals surface area contributed by atoms with E-state index in [-0.39, 0.29) is 6.04 Å². The number of hydrogen-bond donors (Lipinski definition) is 1. The molecule has 0 aromatic heterocycles. The average molecular weight is 205 g/mol. The van der Waals surface area contributed by atoms with Crippen LogP contribution < -0.4 is 5.32 Å². The van der Waals surface area contributed by atoms with Crippen molar-refractivity contribution in [2.75, 3.05) is 18.1 Å². The minimum Gasteiger partial charge on any atom is -0.313 e. The van der Waals surface area contributed by atoms with E-state index in [0.29, 0.717) is 17.4 Å². The highest BCUT2D eigenvalue weighted by molar-refractivity contribution is 7.91. The van der Waals surface area contributed by atoms with Crippen molar-refractivity contribution < 1.29 is 8.42 Å². The average Bonchev–Trinajstić information content (AvgIpc) is 2.41. The minimum absolute atomic E-state index is 0.207. The van der Waals surface area contributed by atoms with Gasteiger partial charge in [-0.1, -0.05) is 20.3 Å². The van der Waals surface area contributed by atoms with Crippen molar-refractivity contribution in [2.45, 2.75) is 32.7 Å². The molecule has 13 heavy (non-hydrogen) atoms. The maximum atomic E-state index is 11.1. The molecule has 0 bridgehead atoms. The van der Waals surface area contributed by atoms with Crippen LogP contribution in [0, 0.1) is 5.92 Å². The summed E-state index contributed by atoms with van der Waals surface area (Å²) in [6.45, 7) is 5.27. The van der Waals surface area contributed by atoms with Crippen LogP contribution in [-0.2, 0) is 9.84 Å². The second kappa shape index (κ2) is 4.42. The molecule has 1 heterocycles. The lowest BCUT2D eigenvalue weighted by molar-refractivity contribution is 0.456. The van der Waals surface area contributed by atoms with Gasteiger partial charge in [-0.3, -0.25) is 0 Å². The van der Waals surface area contributed by atoms with Crippen LogP contribution in [0.3, 0.4) is 0 Å². The van der Waals surface area contributed by atoms with Crippen LogP contribution in [0.25, 0.3) is 0 Å². The summed E-state index contributed by atoms with van der Waals surface area (Å²) in [5.41, 5.74) is 0. The van der Waals surface area contributed by atoms with Gasteiger partial charge in [0.15, 0.2) is 9.84 Å². The summed E-state index contributed by atoms with van der Waals surface area (Å²) in [6.07, 6.45) is 1.94. The van der Waals surface area contributed by atoms with E-state index in [4.69, 9.17) is 0 Å². The molecular formula is C9H19NO2S. The Morgan fingerprint density at radius 1 is 1.54 bits per heavy atom. The molecule has 1 fully saturated rings. The van der Waals surface area contributed by atoms with Crippen LogP contribution in [0.4, 0.5) is 0 Å². The predicted molar refractivity (Wildman–Crippen MR) is 54.5 cm³/mol. The second-order valence-electron chi connectivity index (χ2n) is 4.02. The Balaban J connectivity index is 2.25. The summed E-state index contributed by atoms with van der Waals surface area (Å²) in [6, 6.07) is 0.207. The third-order valence-electron chi connectivity index (χ3n) is 2.68. The molecule has 0 amide bonds. The van der Waals surface area contributed by atoms with Gasteiger partial charge in [0, 0.05) is 6.04 Å². The molecule has 1 aliphatic rings. The van der Waals surface area contributed by atoms with E-state index in [0.717, 1.165) is 19.4 Å². The summed E-state index contributed by atoms with van der Waals surface area (Å²) in [7, 11) is -2.71. The molecule has 78 valence electrons. The van der Waals surface area contributed by atoms with Crippen molar-refractivity contribution in [3.63, 3.8) is 0 Å². The van der Waals surface area contributed by atoms with Crippen LogP contribution in [-0.4, -0.2) is 32.5 Å². The van der Waals surface area contributed by atoms with E-state index in [1.54, 1.807) is 0 Å². The summed E-state index contributed by atoms with van der Waals surface area (Å²) in [5.74, 6) is 1.34. The molecule has 0 aliphatic carbocycles. The van der Waals surface area contributed by atoms with E-state index in [9.17, 15) is 8.42 Å². The molecule has 0 aromatic rings. The summed E-state index contributed by atoms with van der Waals surface area (Å²) < 4.78 is 22.2. The highest BCUT2D eigenvalue weighted by Gasteiger charge is 2.27. The fraction of sp³-hybridized carbons (Fsp3) is 1.00. The van der Waals surface area contributed by atoms with Crippen LogP contribution in [0.5, 0.6) is 0 Å². The van der Waals surface area contributed by atoms with Gasteiger partial charge in [0.25, 0.3) is 0 Å². The van der Waals surface area contributed by atoms with Crippen LogP contribution in [0.1, 0.15) is 26.7 Å². The Labute approximate surface area is 80.8 Å². The van der Waals surface area contributed by atoms with Crippen molar-refractivity contribution in [3.8, 4) is 0 Å². The molecule has 2 atom stereocenters. The highest BCUT2D eigenvalue weighted by atomic mass is 32.2. The molecule has 0 spiro atoms. The van der Waals surface area contributed by atoms with Crippen LogP contribution >= 0.6 is 0 Å². The van der Waals surface area contributed by atoms with Gasteiger partial charge in [0.05, 0.1) is 11.5 Å². The zero-order valence-corrected chi connectivity index (χ0v) is 9.23. The third kappa shape index (κ3) is 3.65. The van der Waals surface area contributed by atoms with Gasteiger partial charge < -0.3 is 5.32 Å². The van der Waals surface area contributed by atoms with Gasteiger partial charge >= 0.3 is 0 Å². The molecule has 0 radical (unpaired) electrons. The maximum Gasteiger partial charge on any atom is 0.151 e. The van der Waals surface area contributed by atoms with Gasteiger partial charge in [-0.25, -0.2) is 8.42 Å². The Morgan fingerprint density at radius 3 is 2.69 bits per heavy atom. The zero-order valence-electron chi connectivity index (χ0n) is 8.41. The molecule has 1 saturated heterocycles. The van der Waals surface area contributed by atoms with Gasteiger partial charge in [-0.05, 0) is 18.9 Å². The first-order chi connectivity index (χ1) is 6.03. The number of nitrogens with one attached hydrogen (secondary N) is 1. The first-order valence-electron chi connectivity index (χ1n) is 4.97. The van der Waals surface area contributed by atoms with Crippen molar-refractivity contribution in [3.05, 3.63) is 0 Å². The van der Waals surface area contributed by atoms with E-state index < -0.39 is 9.84 Å². The second-order valence-corrected chi connectivity index (χ2v) is 6.25. The molecule has 1 N–H and O–H groups in total. The van der Waals surface area contributed by atoms with E-state index in [1.165, 1.54) is 0 Å². The smallest absolute Gasteiger partial charge is 0.151 e. The molecule has 0 saturated carbocycles. The Hall–Kier alpha value is -0.0900. The molecule has 1 rings (SSSR count). The first kappa shape index (κ1) is 11.0. The van der Waals surface area contributed by atoms with Crippen molar-refractivity contribution >= 4 is 9.84 Å². The fourth-order valence-corrected chi connectivity index (χ4v) is 3.18. The summed E-state index contributed by atoms with van der Waals surface area (Å²) in [5, 5.41) is 3.31. The van der Waals surface area contributed by atoms with Gasteiger partial charge in [0.2, 0.25) is 0 Å². The zero-order chi connectivity index (χ0) is 9.90. The SMILES string of the molecule is CC[C@H](C)CN[C@H]1CCS(=O)(=O)C1. The standard InChI is InChI=1S/C9H19NO2S/c1-3-8(2)6-10-9-4-5-13(11,12)7-9/h8-10H,3-7H2,1-2H3/t8-,9-/m0/s1. The monoisotopic (exact) mass is 205 g/mol. The van der Waals surface area contributed by atoms with Crippen molar-refractivity contribution in [1.82, 2.24) is 5.32 Å². The minimum atomic E-state index is -2.71. The molecule has 1 aliphatic heterocycles. The fourth-order valence-electron chi connectivity index (χ4n) is 1.47. The highest BCUT2D eigenvalue weighted by Crippen LogP contribution is 2.11. The number of hydrogen-bond acceptors (Lipinski definition) is 3. The lowest BCUT2D eigenvalue weighted by Crippen LogP contribution is -2.33. The van der Waals surface area contributed by atoms with Crippen LogP contribution in [0.2, 0.25) is 0 Å². The molecule has 0 aromatic carbocycles. The van der Waals surface area contributed by atoms with E-state index >= 15 is 0 Å². The molecule has 0 unspecified atom stereocenters. The van der Waals surface area contributed by atoms with E-state index in [2.05, 4.69) is 19.2 Å². The summed E-state index contributed by atoms with van der Waals surface area (Å²) in [4.78, 5) is 0. The van der Waals surface area contributed by atoms with Crippen molar-refractivity contribution in [2.24, 2.45) is 5.92 Å². The van der Waals surface area contributed by atoms with Crippen LogP contribution in [0.15, 0.2) is 0 Å². The first-order valence-corrected chi connectivity index (χ1v) is 6.79. The number of rotatable bonds is 4. The largest absolute Gasteiger partial charge is 0.313 e. The Bertz CT molecular complexity index is 248. The summed E-state index contributed by atoms with van der Waals surface area (Å²) >= 11 is 0. The number of sulfone groups is 1. The van der Waals surface area contributed by atoms with E-state index in [1.807, 2.05) is 0 Å². The normalized spacial score (nSPS) is 28.9. The van der Waals surface area contributed by atoms with Gasteiger partial charge in [-0.15, -0.1) is 0 Å². The Morgan fingerprint density at radius 2 is 2.23 bits per heavy atom. The maximum absolute atomic E-state index is 11.1. The predicted octanol–water partition coefficient (Wildman–Crippen LogP) is 0.809. The quantitative estimate of drug-likeness (QED) is 0.739. The molecule has 4 heteroatoms. The molecular weight excluding hydrogens is 186 g/mol. The molecule has 3 nitrogen and oxygen atoms in total. The third-order valence-corrected chi connectivity index (χ3v) is 4.45. The lowest BCUT2D eigenvalue weighted by atomic mass is 10.1. The van der Waals surface area contributed by atoms with Gasteiger partial charge in [0.1, 0.15) is 0 Å². The Kier molecular flexibility index (Phi) is 3.74. The topological polar surface area (TPSA) is 46.2 Å². The lowest BCUT2D eigenvalue weighted by Gasteiger charge is -2.14. The van der Waals surface area contributed by atoms with Gasteiger partial charge in [-0.2, -0.15) is 0 Å².